The molecule has 0 unspecified atom stereocenters. The van der Waals surface area contributed by atoms with Crippen LogP contribution < -0.4 is 15.4 Å². The van der Waals surface area contributed by atoms with Crippen molar-refractivity contribution < 1.29 is 19.1 Å². The Morgan fingerprint density at radius 2 is 1.85 bits per heavy atom. The number of carbonyl (C=O) groups excluding carboxylic acids is 3. The number of methoxy groups -OCH3 is 1. The summed E-state index contributed by atoms with van der Waals surface area (Å²) in [5, 5.41) is 5.81. The Hall–Kier alpha value is -3.69. The minimum absolute atomic E-state index is 0.0879. The van der Waals surface area contributed by atoms with Crippen molar-refractivity contribution in [2.24, 2.45) is 0 Å². The number of amides is 2. The molecule has 0 spiro atoms. The maximum atomic E-state index is 12.8. The molecule has 9 nitrogen and oxygen atoms in total. The van der Waals surface area contributed by atoms with Crippen molar-refractivity contribution in [1.29, 1.82) is 0 Å². The molecule has 10 heteroatoms. The molecule has 0 saturated heterocycles. The average molecular weight is 484 g/mol. The number of aromatic nitrogens is 2. The molecule has 3 N–H and O–H groups in total. The quantitative estimate of drug-likeness (QED) is 0.374. The molecule has 0 aliphatic carbocycles. The lowest BCUT2D eigenvalue weighted by molar-refractivity contribution is 0.0955. The largest absolute Gasteiger partial charge is 0.494 e. The summed E-state index contributed by atoms with van der Waals surface area (Å²) in [6.07, 6.45) is 2.28. The van der Waals surface area contributed by atoms with Gasteiger partial charge in [-0.3, -0.25) is 14.4 Å². The standard InChI is InChI=1S/C24H26ClN5O4/c1-30(2)12-6-9-19(31)21-22(27-14-26-21)24(33)28-15-10-11-18(20(13-15)34-3)29-23(32)16-7-4-5-8-17(16)25/h4-5,7-8,10-11,13-14H,6,9,12H2,1-3H3,(H,26,27)(H,28,33)(H,29,32). The van der Waals surface area contributed by atoms with Crippen LogP contribution in [0.15, 0.2) is 48.8 Å². The zero-order chi connectivity index (χ0) is 24.7. The first-order valence-corrected chi connectivity index (χ1v) is 10.9. The number of ether oxygens (including phenoxy) is 1. The Bertz CT molecular complexity index is 1190. The fourth-order valence-corrected chi connectivity index (χ4v) is 3.48. The number of rotatable bonds is 10. The van der Waals surface area contributed by atoms with Gasteiger partial charge in [-0.25, -0.2) is 4.98 Å². The van der Waals surface area contributed by atoms with Gasteiger partial charge < -0.3 is 25.3 Å². The van der Waals surface area contributed by atoms with E-state index < -0.39 is 11.8 Å². The predicted octanol–water partition coefficient (Wildman–Crippen LogP) is 4.10. The SMILES string of the molecule is COc1cc(NC(=O)c2[nH]cnc2C(=O)CCCN(C)C)ccc1NC(=O)c1ccccc1Cl. The summed E-state index contributed by atoms with van der Waals surface area (Å²) in [5.74, 6) is -0.773. The molecular weight excluding hydrogens is 458 g/mol. The maximum absolute atomic E-state index is 12.8. The Labute approximate surface area is 202 Å². The lowest BCUT2D eigenvalue weighted by Gasteiger charge is -2.13. The number of Topliss-reactive ketones (excluding diaryl/α,β-unsaturated/α-hetero) is 1. The van der Waals surface area contributed by atoms with Crippen LogP contribution in [0.1, 0.15) is 44.2 Å². The molecular formula is C24H26ClN5O4. The molecule has 34 heavy (non-hydrogen) atoms. The zero-order valence-corrected chi connectivity index (χ0v) is 19.9. The van der Waals surface area contributed by atoms with Crippen LogP contribution in [0.25, 0.3) is 0 Å². The van der Waals surface area contributed by atoms with E-state index in [4.69, 9.17) is 16.3 Å². The Kier molecular flexibility index (Phi) is 8.39. The first-order chi connectivity index (χ1) is 16.3. The number of nitrogens with one attached hydrogen (secondary N) is 3. The molecule has 0 atom stereocenters. The van der Waals surface area contributed by atoms with Gasteiger partial charge in [0, 0.05) is 18.2 Å². The summed E-state index contributed by atoms with van der Waals surface area (Å²) in [6.45, 7) is 0.761. The number of hydrogen-bond donors (Lipinski definition) is 3. The van der Waals surface area contributed by atoms with E-state index in [1.165, 1.54) is 13.4 Å². The Balaban J connectivity index is 1.71. The van der Waals surface area contributed by atoms with E-state index in [1.54, 1.807) is 42.5 Å². The van der Waals surface area contributed by atoms with Crippen LogP contribution in [0.5, 0.6) is 5.75 Å². The van der Waals surface area contributed by atoms with E-state index in [1.807, 2.05) is 19.0 Å². The average Bonchev–Trinajstić information content (AvgIpc) is 3.30. The zero-order valence-electron chi connectivity index (χ0n) is 19.1. The van der Waals surface area contributed by atoms with Crippen molar-refractivity contribution in [2.75, 3.05) is 38.4 Å². The molecule has 178 valence electrons. The fourth-order valence-electron chi connectivity index (χ4n) is 3.25. The van der Waals surface area contributed by atoms with Crippen LogP contribution in [-0.2, 0) is 0 Å². The van der Waals surface area contributed by atoms with Gasteiger partial charge in [-0.1, -0.05) is 23.7 Å². The molecule has 0 aliphatic heterocycles. The van der Waals surface area contributed by atoms with Crippen molar-refractivity contribution in [1.82, 2.24) is 14.9 Å². The first kappa shape index (κ1) is 24.9. The highest BCUT2D eigenvalue weighted by atomic mass is 35.5. The molecule has 0 aliphatic rings. The number of H-pyrrole nitrogens is 1. The van der Waals surface area contributed by atoms with Gasteiger partial charge in [-0.05, 0) is 51.3 Å². The van der Waals surface area contributed by atoms with Crippen LogP contribution in [0.4, 0.5) is 11.4 Å². The maximum Gasteiger partial charge on any atom is 0.274 e. The van der Waals surface area contributed by atoms with E-state index in [-0.39, 0.29) is 23.6 Å². The van der Waals surface area contributed by atoms with Gasteiger partial charge in [0.15, 0.2) is 5.78 Å². The number of benzene rings is 2. The van der Waals surface area contributed by atoms with Crippen LogP contribution in [0, 0.1) is 0 Å². The molecule has 0 radical (unpaired) electrons. The van der Waals surface area contributed by atoms with Crippen LogP contribution >= 0.6 is 11.6 Å². The number of imidazole rings is 1. The molecule has 2 aromatic carbocycles. The third kappa shape index (κ3) is 6.21. The van der Waals surface area contributed by atoms with Crippen molar-refractivity contribution in [3.05, 3.63) is 70.8 Å². The van der Waals surface area contributed by atoms with E-state index in [2.05, 4.69) is 20.6 Å². The van der Waals surface area contributed by atoms with Gasteiger partial charge >= 0.3 is 0 Å². The predicted molar refractivity (Wildman–Crippen MR) is 131 cm³/mol. The van der Waals surface area contributed by atoms with E-state index in [0.717, 1.165) is 6.54 Å². The molecule has 3 rings (SSSR count). The number of halogens is 1. The minimum Gasteiger partial charge on any atom is -0.494 e. The topological polar surface area (TPSA) is 116 Å². The Morgan fingerprint density at radius 1 is 1.09 bits per heavy atom. The third-order valence-electron chi connectivity index (χ3n) is 4.97. The van der Waals surface area contributed by atoms with E-state index in [0.29, 0.717) is 34.1 Å². The number of carbonyl (C=O) groups is 3. The normalized spacial score (nSPS) is 10.7. The van der Waals surface area contributed by atoms with Crippen LogP contribution in [0.3, 0.4) is 0 Å². The summed E-state index contributed by atoms with van der Waals surface area (Å²) in [6, 6.07) is 11.5. The first-order valence-electron chi connectivity index (χ1n) is 10.6. The second kappa shape index (κ2) is 11.4. The van der Waals surface area contributed by atoms with Crippen LogP contribution in [0.2, 0.25) is 5.02 Å². The van der Waals surface area contributed by atoms with Crippen molar-refractivity contribution in [3.8, 4) is 5.75 Å². The lowest BCUT2D eigenvalue weighted by Crippen LogP contribution is -2.18. The van der Waals surface area contributed by atoms with Crippen LogP contribution in [-0.4, -0.2) is 60.2 Å². The minimum atomic E-state index is -0.511. The fraction of sp³-hybridized carbons (Fsp3) is 0.250. The summed E-state index contributed by atoms with van der Waals surface area (Å²) in [7, 11) is 5.31. The van der Waals surface area contributed by atoms with Crippen molar-refractivity contribution >= 4 is 40.6 Å². The van der Waals surface area contributed by atoms with Gasteiger partial charge in [0.25, 0.3) is 11.8 Å². The van der Waals surface area contributed by atoms with E-state index >= 15 is 0 Å². The third-order valence-corrected chi connectivity index (χ3v) is 5.30. The summed E-state index contributed by atoms with van der Waals surface area (Å²) >= 11 is 6.09. The van der Waals surface area contributed by atoms with Crippen molar-refractivity contribution in [3.63, 3.8) is 0 Å². The molecule has 0 bridgehead atoms. The summed E-state index contributed by atoms with van der Waals surface area (Å²) in [5.41, 5.74) is 1.34. The smallest absolute Gasteiger partial charge is 0.274 e. The van der Waals surface area contributed by atoms with Gasteiger partial charge in [0.1, 0.15) is 17.1 Å². The second-order valence-electron chi connectivity index (χ2n) is 7.76. The number of ketones is 1. The number of aromatic amines is 1. The molecule has 1 aromatic heterocycles. The molecule has 3 aromatic rings. The highest BCUT2D eigenvalue weighted by Crippen LogP contribution is 2.29. The molecule has 1 heterocycles. The summed E-state index contributed by atoms with van der Waals surface area (Å²) < 4.78 is 5.37. The van der Waals surface area contributed by atoms with Gasteiger partial charge in [0.05, 0.1) is 29.7 Å². The summed E-state index contributed by atoms with van der Waals surface area (Å²) in [4.78, 5) is 46.6. The Morgan fingerprint density at radius 3 is 2.56 bits per heavy atom. The highest BCUT2D eigenvalue weighted by Gasteiger charge is 2.21. The monoisotopic (exact) mass is 483 g/mol. The van der Waals surface area contributed by atoms with Gasteiger partial charge in [-0.2, -0.15) is 0 Å². The van der Waals surface area contributed by atoms with E-state index in [9.17, 15) is 14.4 Å². The number of anilines is 2. The van der Waals surface area contributed by atoms with Gasteiger partial charge in [-0.15, -0.1) is 0 Å². The molecule has 2 amide bonds. The second-order valence-corrected chi connectivity index (χ2v) is 8.17. The number of hydrogen-bond acceptors (Lipinski definition) is 6. The number of nitrogens with zero attached hydrogens (tertiary/aromatic N) is 2. The lowest BCUT2D eigenvalue weighted by atomic mass is 10.1. The van der Waals surface area contributed by atoms with Gasteiger partial charge in [0.2, 0.25) is 0 Å². The highest BCUT2D eigenvalue weighted by molar-refractivity contribution is 6.34. The molecule has 0 fully saturated rings. The molecule has 0 saturated carbocycles. The van der Waals surface area contributed by atoms with Crippen molar-refractivity contribution in [2.45, 2.75) is 12.8 Å².